The third-order valence-electron chi connectivity index (χ3n) is 3.25. The second kappa shape index (κ2) is 6.00. The minimum Gasteiger partial charge on any atom is -0.354 e. The smallest absolute Gasteiger partial charge is 0.251 e. The van der Waals surface area contributed by atoms with Crippen LogP contribution in [0.2, 0.25) is 0 Å². The summed E-state index contributed by atoms with van der Waals surface area (Å²) < 4.78 is 12.9. The second-order valence-corrected chi connectivity index (χ2v) is 5.03. The summed E-state index contributed by atoms with van der Waals surface area (Å²) in [6.45, 7) is 0.869. The minimum atomic E-state index is -0.662. The molecule has 1 aliphatic rings. The second-order valence-electron chi connectivity index (χ2n) is 5.03. The Hall–Kier alpha value is -1.95. The van der Waals surface area contributed by atoms with Gasteiger partial charge in [0.1, 0.15) is 5.82 Å². The fourth-order valence-corrected chi connectivity index (χ4v) is 1.76. The van der Waals surface area contributed by atoms with E-state index in [1.54, 1.807) is 6.07 Å². The van der Waals surface area contributed by atoms with Crippen molar-refractivity contribution >= 4 is 11.8 Å². The molecular weight excluding hydrogens is 261 g/mol. The van der Waals surface area contributed by atoms with Crippen molar-refractivity contribution in [3.63, 3.8) is 0 Å². The van der Waals surface area contributed by atoms with E-state index in [1.165, 1.54) is 18.2 Å². The number of carbonyl (C=O) groups is 2. The molecule has 1 aliphatic carbocycles. The summed E-state index contributed by atoms with van der Waals surface area (Å²) in [6, 6.07) is 5.50. The Bertz CT molecular complexity index is 515. The number of hydrogen-bond donors (Lipinski definition) is 3. The van der Waals surface area contributed by atoms with Crippen LogP contribution >= 0.6 is 0 Å². The molecule has 0 bridgehead atoms. The van der Waals surface area contributed by atoms with Gasteiger partial charge in [0.15, 0.2) is 0 Å². The van der Waals surface area contributed by atoms with Gasteiger partial charge < -0.3 is 16.4 Å². The summed E-state index contributed by atoms with van der Waals surface area (Å²) in [7, 11) is 0. The Labute approximate surface area is 116 Å². The first-order chi connectivity index (χ1) is 9.51. The Morgan fingerprint density at radius 1 is 1.25 bits per heavy atom. The topological polar surface area (TPSA) is 84.2 Å². The molecule has 0 atom stereocenters. The van der Waals surface area contributed by atoms with Crippen molar-refractivity contribution in [2.75, 3.05) is 13.1 Å². The molecule has 5 nitrogen and oxygen atoms in total. The Balaban J connectivity index is 1.63. The molecule has 1 aromatic carbocycles. The average Bonchev–Trinajstić information content (AvgIpc) is 3.17. The number of rotatable bonds is 6. The molecule has 0 spiro atoms. The summed E-state index contributed by atoms with van der Waals surface area (Å²) in [4.78, 5) is 23.2. The number of carbonyl (C=O) groups excluding carboxylic acids is 2. The zero-order chi connectivity index (χ0) is 14.6. The van der Waals surface area contributed by atoms with Crippen LogP contribution in [0.4, 0.5) is 4.39 Å². The largest absolute Gasteiger partial charge is 0.354 e. The van der Waals surface area contributed by atoms with Crippen molar-refractivity contribution in [1.29, 1.82) is 0 Å². The van der Waals surface area contributed by atoms with E-state index < -0.39 is 11.4 Å². The molecule has 0 unspecified atom stereocenters. The predicted molar refractivity (Wildman–Crippen MR) is 72.5 cm³/mol. The number of amides is 2. The van der Waals surface area contributed by atoms with Crippen LogP contribution in [0.1, 0.15) is 29.6 Å². The third kappa shape index (κ3) is 3.77. The van der Waals surface area contributed by atoms with Gasteiger partial charge in [-0.15, -0.1) is 0 Å². The molecule has 1 aromatic rings. The molecule has 4 N–H and O–H groups in total. The van der Waals surface area contributed by atoms with Crippen molar-refractivity contribution in [1.82, 2.24) is 10.6 Å². The highest BCUT2D eigenvalue weighted by molar-refractivity contribution is 5.94. The first-order valence-corrected chi connectivity index (χ1v) is 6.62. The summed E-state index contributed by atoms with van der Waals surface area (Å²) in [5.41, 5.74) is 5.35. The zero-order valence-corrected chi connectivity index (χ0v) is 11.1. The highest BCUT2D eigenvalue weighted by atomic mass is 19.1. The summed E-state index contributed by atoms with van der Waals surface area (Å²) >= 11 is 0. The molecule has 0 aromatic heterocycles. The zero-order valence-electron chi connectivity index (χ0n) is 11.1. The van der Waals surface area contributed by atoms with Gasteiger partial charge in [0.05, 0.1) is 5.54 Å². The normalized spacial score (nSPS) is 15.5. The molecule has 6 heteroatoms. The van der Waals surface area contributed by atoms with Crippen LogP contribution in [0.3, 0.4) is 0 Å². The number of halogens is 1. The lowest BCUT2D eigenvalue weighted by Crippen LogP contribution is -2.43. The van der Waals surface area contributed by atoms with Crippen molar-refractivity contribution in [3.05, 3.63) is 35.6 Å². The Morgan fingerprint density at radius 2 is 1.95 bits per heavy atom. The number of hydrogen-bond acceptors (Lipinski definition) is 3. The van der Waals surface area contributed by atoms with Crippen LogP contribution in [0.5, 0.6) is 0 Å². The molecule has 2 amide bonds. The Kier molecular flexibility index (Phi) is 4.34. The van der Waals surface area contributed by atoms with Gasteiger partial charge in [0.25, 0.3) is 5.91 Å². The fraction of sp³-hybridized carbons (Fsp3) is 0.429. The lowest BCUT2D eigenvalue weighted by molar-refractivity contribution is -0.123. The molecule has 1 saturated carbocycles. The minimum absolute atomic E-state index is 0.131. The van der Waals surface area contributed by atoms with Gasteiger partial charge >= 0.3 is 0 Å². The van der Waals surface area contributed by atoms with E-state index in [2.05, 4.69) is 10.6 Å². The van der Waals surface area contributed by atoms with Crippen LogP contribution in [0.15, 0.2) is 24.3 Å². The van der Waals surface area contributed by atoms with Gasteiger partial charge in [-0.3, -0.25) is 9.59 Å². The lowest BCUT2D eigenvalue weighted by Gasteiger charge is -2.10. The van der Waals surface area contributed by atoms with E-state index in [0.717, 1.165) is 12.8 Å². The van der Waals surface area contributed by atoms with Gasteiger partial charge in [-0.1, -0.05) is 6.07 Å². The van der Waals surface area contributed by atoms with Crippen LogP contribution in [0.25, 0.3) is 0 Å². The predicted octanol–water partition coefficient (Wildman–Crippen LogP) is 0.553. The van der Waals surface area contributed by atoms with Crippen molar-refractivity contribution < 1.29 is 14.0 Å². The molecule has 108 valence electrons. The van der Waals surface area contributed by atoms with E-state index in [-0.39, 0.29) is 17.4 Å². The van der Waals surface area contributed by atoms with E-state index in [9.17, 15) is 14.0 Å². The monoisotopic (exact) mass is 279 g/mol. The fourth-order valence-electron chi connectivity index (χ4n) is 1.76. The van der Waals surface area contributed by atoms with Crippen LogP contribution in [-0.4, -0.2) is 30.4 Å². The quantitative estimate of drug-likeness (QED) is 0.665. The van der Waals surface area contributed by atoms with E-state index in [0.29, 0.717) is 19.5 Å². The molecule has 2 rings (SSSR count). The first-order valence-electron chi connectivity index (χ1n) is 6.62. The summed E-state index contributed by atoms with van der Waals surface area (Å²) in [5, 5.41) is 5.40. The van der Waals surface area contributed by atoms with Gasteiger partial charge in [-0.05, 0) is 37.5 Å². The summed E-state index contributed by atoms with van der Waals surface area (Å²) in [5.74, 6) is -0.898. The van der Waals surface area contributed by atoms with Crippen molar-refractivity contribution in [2.45, 2.75) is 24.8 Å². The van der Waals surface area contributed by atoms with Gasteiger partial charge in [-0.2, -0.15) is 0 Å². The standard InChI is InChI=1S/C14H18FN3O2/c15-11-4-1-3-10(9-11)12(19)17-7-2-8-18-13(20)14(16)5-6-14/h1,3-4,9H,2,5-8,16H2,(H,17,19)(H,18,20). The molecule has 0 aliphatic heterocycles. The maximum absolute atomic E-state index is 12.9. The summed E-state index contributed by atoms with van der Waals surface area (Å²) in [6.07, 6.45) is 2.06. The number of nitrogens with one attached hydrogen (secondary N) is 2. The molecule has 1 fully saturated rings. The van der Waals surface area contributed by atoms with Crippen LogP contribution < -0.4 is 16.4 Å². The maximum atomic E-state index is 12.9. The lowest BCUT2D eigenvalue weighted by atomic mass is 10.2. The average molecular weight is 279 g/mol. The molecule has 0 saturated heterocycles. The molecule has 20 heavy (non-hydrogen) atoms. The van der Waals surface area contributed by atoms with E-state index in [4.69, 9.17) is 5.73 Å². The molecule has 0 heterocycles. The van der Waals surface area contributed by atoms with Crippen LogP contribution in [0, 0.1) is 5.82 Å². The SMILES string of the molecule is NC1(C(=O)NCCCNC(=O)c2cccc(F)c2)CC1. The van der Waals surface area contributed by atoms with E-state index in [1.807, 2.05) is 0 Å². The number of nitrogens with two attached hydrogens (primary N) is 1. The molecule has 0 radical (unpaired) electrons. The first kappa shape index (κ1) is 14.5. The third-order valence-corrected chi connectivity index (χ3v) is 3.25. The highest BCUT2D eigenvalue weighted by Crippen LogP contribution is 2.31. The van der Waals surface area contributed by atoms with Gasteiger partial charge in [0, 0.05) is 18.7 Å². The van der Waals surface area contributed by atoms with Crippen molar-refractivity contribution in [3.8, 4) is 0 Å². The van der Waals surface area contributed by atoms with Crippen LogP contribution in [-0.2, 0) is 4.79 Å². The van der Waals surface area contributed by atoms with Gasteiger partial charge in [-0.25, -0.2) is 4.39 Å². The van der Waals surface area contributed by atoms with Crippen molar-refractivity contribution in [2.24, 2.45) is 5.73 Å². The van der Waals surface area contributed by atoms with Gasteiger partial charge in [0.2, 0.25) is 5.91 Å². The Morgan fingerprint density at radius 3 is 2.60 bits per heavy atom. The maximum Gasteiger partial charge on any atom is 0.251 e. The highest BCUT2D eigenvalue weighted by Gasteiger charge is 2.45. The molecular formula is C14H18FN3O2. The number of benzene rings is 1. The van der Waals surface area contributed by atoms with E-state index >= 15 is 0 Å².